The molecule has 26 heavy (non-hydrogen) atoms. The van der Waals surface area contributed by atoms with Crippen LogP contribution in [0.25, 0.3) is 0 Å². The maximum atomic E-state index is 13.9. The van der Waals surface area contributed by atoms with E-state index >= 15 is 0 Å². The molecule has 0 saturated carbocycles. The second-order valence-corrected chi connectivity index (χ2v) is 6.07. The Morgan fingerprint density at radius 2 is 1.62 bits per heavy atom. The SMILES string of the molecule is CCc1cccc(CC)c1NC(=O)CN1C(=O)c2cccc(F)c2C1=O. The van der Waals surface area contributed by atoms with E-state index in [0.717, 1.165) is 34.9 Å². The first kappa shape index (κ1) is 17.8. The molecular weight excluding hydrogens is 335 g/mol. The van der Waals surface area contributed by atoms with Gasteiger partial charge in [-0.3, -0.25) is 19.3 Å². The average molecular weight is 354 g/mol. The lowest BCUT2D eigenvalue weighted by Crippen LogP contribution is -2.37. The Balaban J connectivity index is 1.81. The number of halogens is 1. The summed E-state index contributed by atoms with van der Waals surface area (Å²) in [6, 6.07) is 9.66. The molecule has 134 valence electrons. The Morgan fingerprint density at radius 3 is 2.19 bits per heavy atom. The molecule has 5 nitrogen and oxygen atoms in total. The van der Waals surface area contributed by atoms with Crippen LogP contribution in [-0.2, 0) is 17.6 Å². The molecule has 0 spiro atoms. The van der Waals surface area contributed by atoms with Gasteiger partial charge >= 0.3 is 0 Å². The summed E-state index contributed by atoms with van der Waals surface area (Å²) in [4.78, 5) is 38.0. The Bertz CT molecular complexity index is 886. The normalized spacial score (nSPS) is 13.1. The van der Waals surface area contributed by atoms with Crippen LogP contribution in [0.5, 0.6) is 0 Å². The van der Waals surface area contributed by atoms with Crippen molar-refractivity contribution in [1.82, 2.24) is 4.90 Å². The third kappa shape index (κ3) is 2.98. The van der Waals surface area contributed by atoms with E-state index in [1.54, 1.807) is 0 Å². The highest BCUT2D eigenvalue weighted by Crippen LogP contribution is 2.26. The molecular formula is C20H19FN2O3. The van der Waals surface area contributed by atoms with E-state index in [4.69, 9.17) is 0 Å². The maximum Gasteiger partial charge on any atom is 0.265 e. The van der Waals surface area contributed by atoms with Crippen molar-refractivity contribution in [2.45, 2.75) is 26.7 Å². The quantitative estimate of drug-likeness (QED) is 0.839. The fraction of sp³-hybridized carbons (Fsp3) is 0.250. The number of para-hydroxylation sites is 1. The van der Waals surface area contributed by atoms with Gasteiger partial charge in [-0.1, -0.05) is 38.1 Å². The van der Waals surface area contributed by atoms with Crippen LogP contribution in [0.15, 0.2) is 36.4 Å². The zero-order valence-corrected chi connectivity index (χ0v) is 14.6. The molecule has 0 bridgehead atoms. The first-order chi connectivity index (χ1) is 12.5. The summed E-state index contributed by atoms with van der Waals surface area (Å²) in [6.45, 7) is 3.52. The van der Waals surface area contributed by atoms with E-state index in [0.29, 0.717) is 5.69 Å². The molecule has 0 unspecified atom stereocenters. The minimum absolute atomic E-state index is 0.00833. The fourth-order valence-electron chi connectivity index (χ4n) is 3.16. The van der Waals surface area contributed by atoms with Gasteiger partial charge in [0, 0.05) is 5.69 Å². The summed E-state index contributed by atoms with van der Waals surface area (Å²) in [5, 5.41) is 2.81. The summed E-state index contributed by atoms with van der Waals surface area (Å²) >= 11 is 0. The highest BCUT2D eigenvalue weighted by molar-refractivity contribution is 6.22. The molecule has 0 fully saturated rings. The number of nitrogens with one attached hydrogen (secondary N) is 1. The Hall–Kier alpha value is -3.02. The third-order valence-corrected chi connectivity index (χ3v) is 4.51. The first-order valence-corrected chi connectivity index (χ1v) is 8.53. The van der Waals surface area contributed by atoms with Crippen LogP contribution in [-0.4, -0.2) is 29.2 Å². The molecule has 2 aromatic rings. The zero-order valence-electron chi connectivity index (χ0n) is 14.6. The summed E-state index contributed by atoms with van der Waals surface area (Å²) in [5.41, 5.74) is 2.39. The van der Waals surface area contributed by atoms with Gasteiger partial charge in [-0.05, 0) is 36.1 Å². The monoisotopic (exact) mass is 354 g/mol. The van der Waals surface area contributed by atoms with Crippen LogP contribution in [0.3, 0.4) is 0 Å². The lowest BCUT2D eigenvalue weighted by molar-refractivity contribution is -0.116. The van der Waals surface area contributed by atoms with E-state index < -0.39 is 30.1 Å². The highest BCUT2D eigenvalue weighted by Gasteiger charge is 2.38. The number of carbonyl (C=O) groups is 3. The van der Waals surface area contributed by atoms with Gasteiger partial charge in [-0.2, -0.15) is 0 Å². The predicted octanol–water partition coefficient (Wildman–Crippen LogP) is 3.19. The minimum atomic E-state index is -0.780. The predicted molar refractivity (Wildman–Crippen MR) is 95.6 cm³/mol. The van der Waals surface area contributed by atoms with Crippen molar-refractivity contribution in [1.29, 1.82) is 0 Å². The van der Waals surface area contributed by atoms with Crippen LogP contribution in [0.4, 0.5) is 10.1 Å². The number of hydrogen-bond donors (Lipinski definition) is 1. The minimum Gasteiger partial charge on any atom is -0.324 e. The Kier molecular flexibility index (Phi) is 4.84. The van der Waals surface area contributed by atoms with Gasteiger partial charge in [-0.15, -0.1) is 0 Å². The van der Waals surface area contributed by atoms with Gasteiger partial charge in [0.15, 0.2) is 0 Å². The Labute approximate surface area is 150 Å². The van der Waals surface area contributed by atoms with Gasteiger partial charge in [0.1, 0.15) is 12.4 Å². The van der Waals surface area contributed by atoms with Gasteiger partial charge in [-0.25, -0.2) is 4.39 Å². The van der Waals surface area contributed by atoms with Crippen molar-refractivity contribution in [3.63, 3.8) is 0 Å². The van der Waals surface area contributed by atoms with Crippen molar-refractivity contribution < 1.29 is 18.8 Å². The number of aryl methyl sites for hydroxylation is 2. The van der Waals surface area contributed by atoms with E-state index in [9.17, 15) is 18.8 Å². The molecule has 1 N–H and O–H groups in total. The van der Waals surface area contributed by atoms with Crippen molar-refractivity contribution >= 4 is 23.4 Å². The zero-order chi connectivity index (χ0) is 18.8. The van der Waals surface area contributed by atoms with Crippen LogP contribution < -0.4 is 5.32 Å². The molecule has 2 aromatic carbocycles. The molecule has 1 aliphatic heterocycles. The first-order valence-electron chi connectivity index (χ1n) is 8.53. The molecule has 0 aliphatic carbocycles. The summed E-state index contributed by atoms with van der Waals surface area (Å²) in [7, 11) is 0. The van der Waals surface area contributed by atoms with E-state index in [-0.39, 0.29) is 11.1 Å². The smallest absolute Gasteiger partial charge is 0.265 e. The summed E-state index contributed by atoms with van der Waals surface area (Å²) in [5.74, 6) is -2.68. The average Bonchev–Trinajstić information content (AvgIpc) is 2.87. The fourth-order valence-corrected chi connectivity index (χ4v) is 3.16. The number of anilines is 1. The largest absolute Gasteiger partial charge is 0.324 e. The second-order valence-electron chi connectivity index (χ2n) is 6.07. The van der Waals surface area contributed by atoms with Crippen LogP contribution in [0, 0.1) is 5.82 Å². The van der Waals surface area contributed by atoms with Crippen molar-refractivity contribution in [2.75, 3.05) is 11.9 Å². The number of hydrogen-bond acceptors (Lipinski definition) is 3. The van der Waals surface area contributed by atoms with Gasteiger partial charge in [0.05, 0.1) is 11.1 Å². The number of benzene rings is 2. The molecule has 0 radical (unpaired) electrons. The van der Waals surface area contributed by atoms with E-state index in [1.165, 1.54) is 12.1 Å². The number of rotatable bonds is 5. The lowest BCUT2D eigenvalue weighted by Gasteiger charge is -2.17. The summed E-state index contributed by atoms with van der Waals surface area (Å²) in [6.07, 6.45) is 1.48. The Morgan fingerprint density at radius 1 is 1.00 bits per heavy atom. The van der Waals surface area contributed by atoms with Gasteiger partial charge in [0.25, 0.3) is 11.8 Å². The molecule has 0 saturated heterocycles. The van der Waals surface area contributed by atoms with Gasteiger partial charge < -0.3 is 5.32 Å². The van der Waals surface area contributed by atoms with Crippen molar-refractivity contribution in [3.05, 3.63) is 64.5 Å². The van der Waals surface area contributed by atoms with Crippen LogP contribution >= 0.6 is 0 Å². The van der Waals surface area contributed by atoms with Crippen molar-refractivity contribution in [3.8, 4) is 0 Å². The van der Waals surface area contributed by atoms with Crippen LogP contribution in [0.1, 0.15) is 45.7 Å². The number of imide groups is 1. The topological polar surface area (TPSA) is 66.5 Å². The number of fused-ring (bicyclic) bond motifs is 1. The second kappa shape index (κ2) is 7.07. The number of nitrogens with zero attached hydrogens (tertiary/aromatic N) is 1. The third-order valence-electron chi connectivity index (χ3n) is 4.51. The van der Waals surface area contributed by atoms with Gasteiger partial charge in [0.2, 0.25) is 5.91 Å². The number of carbonyl (C=O) groups excluding carboxylic acids is 3. The molecule has 1 heterocycles. The molecule has 1 aliphatic rings. The molecule has 0 atom stereocenters. The van der Waals surface area contributed by atoms with Crippen LogP contribution in [0.2, 0.25) is 0 Å². The van der Waals surface area contributed by atoms with Crippen molar-refractivity contribution in [2.24, 2.45) is 0 Å². The molecule has 3 rings (SSSR count). The number of amides is 3. The molecule has 3 amide bonds. The van der Waals surface area contributed by atoms with E-state index in [2.05, 4.69) is 5.32 Å². The molecule has 0 aromatic heterocycles. The lowest BCUT2D eigenvalue weighted by atomic mass is 10.0. The van der Waals surface area contributed by atoms with E-state index in [1.807, 2.05) is 32.0 Å². The highest BCUT2D eigenvalue weighted by atomic mass is 19.1. The molecule has 6 heteroatoms. The summed E-state index contributed by atoms with van der Waals surface area (Å²) < 4.78 is 13.9. The maximum absolute atomic E-state index is 13.9. The standard InChI is InChI=1S/C20H19FN2O3/c1-3-12-7-5-8-13(4-2)18(12)22-16(24)11-23-19(25)14-9-6-10-15(21)17(14)20(23)26/h5-10H,3-4,11H2,1-2H3,(H,22,24).